The third-order valence-electron chi connectivity index (χ3n) is 4.53. The molecule has 0 aromatic rings. The first-order valence-corrected chi connectivity index (χ1v) is 7.84. The molecule has 2 fully saturated rings. The summed E-state index contributed by atoms with van der Waals surface area (Å²) in [5.41, 5.74) is 0. The zero-order valence-corrected chi connectivity index (χ0v) is 11.6. The summed E-state index contributed by atoms with van der Waals surface area (Å²) >= 11 is 0. The molecule has 2 atom stereocenters. The van der Waals surface area contributed by atoms with Crippen LogP contribution in [0.15, 0.2) is 0 Å². The molecule has 0 amide bonds. The van der Waals surface area contributed by atoms with Gasteiger partial charge in [0, 0.05) is 12.6 Å². The summed E-state index contributed by atoms with van der Waals surface area (Å²) in [5, 5.41) is 3.68. The van der Waals surface area contributed by atoms with Crippen molar-refractivity contribution in [1.82, 2.24) is 10.2 Å². The van der Waals surface area contributed by atoms with E-state index in [-0.39, 0.29) is 0 Å². The van der Waals surface area contributed by atoms with Crippen LogP contribution in [0.3, 0.4) is 0 Å². The van der Waals surface area contributed by atoms with Crippen molar-refractivity contribution in [2.75, 3.05) is 26.2 Å². The van der Waals surface area contributed by atoms with Gasteiger partial charge in [0.25, 0.3) is 0 Å². The Balaban J connectivity index is 1.70. The normalized spacial score (nSPS) is 32.3. The fraction of sp³-hybridized carbons (Fsp3) is 1.00. The minimum absolute atomic E-state index is 0.784. The molecule has 0 aromatic heterocycles. The lowest BCUT2D eigenvalue weighted by atomic mass is 9.96. The number of piperidine rings is 1. The Morgan fingerprint density at radius 1 is 1.06 bits per heavy atom. The number of likely N-dealkylation sites (tertiary alicyclic amines) is 1. The molecule has 2 unspecified atom stereocenters. The van der Waals surface area contributed by atoms with E-state index in [1.807, 2.05) is 0 Å². The number of rotatable bonds is 4. The highest BCUT2D eigenvalue weighted by Crippen LogP contribution is 2.22. The van der Waals surface area contributed by atoms with Crippen molar-refractivity contribution < 1.29 is 0 Å². The van der Waals surface area contributed by atoms with Crippen molar-refractivity contribution in [1.29, 1.82) is 0 Å². The molecule has 0 bridgehead atoms. The Bertz CT molecular complexity index is 199. The number of hydrogen-bond donors (Lipinski definition) is 1. The van der Waals surface area contributed by atoms with E-state index in [1.165, 1.54) is 77.5 Å². The molecule has 100 valence electrons. The monoisotopic (exact) mass is 238 g/mol. The second-order valence-corrected chi connectivity index (χ2v) is 6.03. The van der Waals surface area contributed by atoms with Gasteiger partial charge in [-0.05, 0) is 57.7 Å². The van der Waals surface area contributed by atoms with Crippen LogP contribution in [-0.2, 0) is 0 Å². The Morgan fingerprint density at radius 3 is 2.76 bits per heavy atom. The van der Waals surface area contributed by atoms with Gasteiger partial charge in [0.15, 0.2) is 0 Å². The van der Waals surface area contributed by atoms with Crippen LogP contribution in [0.5, 0.6) is 0 Å². The van der Waals surface area contributed by atoms with Crippen LogP contribution in [0, 0.1) is 5.92 Å². The van der Waals surface area contributed by atoms with Crippen molar-refractivity contribution in [3.8, 4) is 0 Å². The molecule has 0 radical (unpaired) electrons. The third-order valence-corrected chi connectivity index (χ3v) is 4.53. The van der Waals surface area contributed by atoms with Gasteiger partial charge in [0.05, 0.1) is 0 Å². The minimum Gasteiger partial charge on any atom is -0.313 e. The highest BCUT2D eigenvalue weighted by molar-refractivity contribution is 4.78. The molecule has 2 heterocycles. The van der Waals surface area contributed by atoms with Crippen LogP contribution in [0.2, 0.25) is 0 Å². The second kappa shape index (κ2) is 7.38. The topological polar surface area (TPSA) is 15.3 Å². The molecule has 17 heavy (non-hydrogen) atoms. The van der Waals surface area contributed by atoms with Crippen molar-refractivity contribution in [3.05, 3.63) is 0 Å². The number of nitrogens with zero attached hydrogens (tertiary/aromatic N) is 1. The Labute approximate surface area is 107 Å². The molecule has 0 aliphatic carbocycles. The fourth-order valence-corrected chi connectivity index (χ4v) is 3.50. The molecule has 2 nitrogen and oxygen atoms in total. The van der Waals surface area contributed by atoms with Crippen molar-refractivity contribution in [2.24, 2.45) is 5.92 Å². The van der Waals surface area contributed by atoms with Crippen molar-refractivity contribution >= 4 is 0 Å². The summed E-state index contributed by atoms with van der Waals surface area (Å²) in [7, 11) is 0. The molecule has 2 rings (SSSR count). The van der Waals surface area contributed by atoms with E-state index in [4.69, 9.17) is 0 Å². The van der Waals surface area contributed by atoms with Gasteiger partial charge in [0.1, 0.15) is 0 Å². The maximum atomic E-state index is 3.68. The summed E-state index contributed by atoms with van der Waals surface area (Å²) in [5.74, 6) is 1.02. The van der Waals surface area contributed by atoms with Gasteiger partial charge in [0.2, 0.25) is 0 Å². The standard InChI is InChI=1S/C15H30N2/c1-2-6-14-7-5-11-17(12-9-14)13-15-8-3-4-10-16-15/h14-16H,2-13H2,1H3. The zero-order valence-electron chi connectivity index (χ0n) is 11.6. The third kappa shape index (κ3) is 4.59. The highest BCUT2D eigenvalue weighted by atomic mass is 15.1. The first kappa shape index (κ1) is 13.4. The Morgan fingerprint density at radius 2 is 2.00 bits per heavy atom. The van der Waals surface area contributed by atoms with Gasteiger partial charge < -0.3 is 10.2 Å². The molecular weight excluding hydrogens is 208 g/mol. The van der Waals surface area contributed by atoms with Crippen LogP contribution in [0.25, 0.3) is 0 Å². The average Bonchev–Trinajstić information content (AvgIpc) is 2.57. The summed E-state index contributed by atoms with van der Waals surface area (Å²) in [6, 6.07) is 0.784. The van der Waals surface area contributed by atoms with Crippen molar-refractivity contribution in [3.63, 3.8) is 0 Å². The van der Waals surface area contributed by atoms with Crippen LogP contribution in [0.1, 0.15) is 58.3 Å². The first-order chi connectivity index (χ1) is 8.38. The summed E-state index contributed by atoms with van der Waals surface area (Å²) < 4.78 is 0. The zero-order chi connectivity index (χ0) is 11.9. The van der Waals surface area contributed by atoms with Crippen LogP contribution < -0.4 is 5.32 Å². The van der Waals surface area contributed by atoms with Gasteiger partial charge in [-0.25, -0.2) is 0 Å². The largest absolute Gasteiger partial charge is 0.313 e. The van der Waals surface area contributed by atoms with E-state index < -0.39 is 0 Å². The predicted molar refractivity (Wildman–Crippen MR) is 74.3 cm³/mol. The van der Waals surface area contributed by atoms with Crippen LogP contribution in [0.4, 0.5) is 0 Å². The van der Waals surface area contributed by atoms with Crippen LogP contribution in [-0.4, -0.2) is 37.1 Å². The van der Waals surface area contributed by atoms with E-state index in [0.29, 0.717) is 0 Å². The van der Waals surface area contributed by atoms with E-state index >= 15 is 0 Å². The molecule has 0 spiro atoms. The SMILES string of the molecule is CCCC1CCCN(CC2CCCCN2)CC1. The second-order valence-electron chi connectivity index (χ2n) is 6.03. The lowest BCUT2D eigenvalue weighted by Gasteiger charge is -2.29. The molecule has 2 aliphatic rings. The van der Waals surface area contributed by atoms with Gasteiger partial charge in [-0.2, -0.15) is 0 Å². The number of nitrogens with one attached hydrogen (secondary N) is 1. The molecule has 2 saturated heterocycles. The van der Waals surface area contributed by atoms with E-state index in [9.17, 15) is 0 Å². The molecule has 0 aromatic carbocycles. The molecule has 0 saturated carbocycles. The maximum absolute atomic E-state index is 3.68. The minimum atomic E-state index is 0.784. The Kier molecular flexibility index (Phi) is 5.79. The van der Waals surface area contributed by atoms with E-state index in [0.717, 1.165) is 12.0 Å². The lowest BCUT2D eigenvalue weighted by Crippen LogP contribution is -2.44. The van der Waals surface area contributed by atoms with Gasteiger partial charge in [-0.15, -0.1) is 0 Å². The summed E-state index contributed by atoms with van der Waals surface area (Å²) in [4.78, 5) is 2.72. The average molecular weight is 238 g/mol. The van der Waals surface area contributed by atoms with E-state index in [1.54, 1.807) is 0 Å². The lowest BCUT2D eigenvalue weighted by molar-refractivity contribution is 0.228. The highest BCUT2D eigenvalue weighted by Gasteiger charge is 2.20. The van der Waals surface area contributed by atoms with Gasteiger partial charge in [-0.1, -0.05) is 26.2 Å². The molecule has 2 heteroatoms. The molecule has 2 aliphatic heterocycles. The van der Waals surface area contributed by atoms with Crippen LogP contribution >= 0.6 is 0 Å². The first-order valence-electron chi connectivity index (χ1n) is 7.84. The summed E-state index contributed by atoms with van der Waals surface area (Å²) in [6.07, 6.45) is 11.4. The van der Waals surface area contributed by atoms with Crippen molar-refractivity contribution in [2.45, 2.75) is 64.3 Å². The quantitative estimate of drug-likeness (QED) is 0.810. The Hall–Kier alpha value is -0.0800. The smallest absolute Gasteiger partial charge is 0.0195 e. The maximum Gasteiger partial charge on any atom is 0.0195 e. The predicted octanol–water partition coefficient (Wildman–Crippen LogP) is 3.03. The summed E-state index contributed by atoms with van der Waals surface area (Å²) in [6.45, 7) is 7.58. The van der Waals surface area contributed by atoms with Gasteiger partial charge >= 0.3 is 0 Å². The molecular formula is C15H30N2. The van der Waals surface area contributed by atoms with Gasteiger partial charge in [-0.3, -0.25) is 0 Å². The van der Waals surface area contributed by atoms with E-state index in [2.05, 4.69) is 17.1 Å². The molecule has 1 N–H and O–H groups in total. The number of hydrogen-bond acceptors (Lipinski definition) is 2. The fourth-order valence-electron chi connectivity index (χ4n) is 3.50.